The van der Waals surface area contributed by atoms with E-state index in [1.54, 1.807) is 25.3 Å². The number of amides is 1. The summed E-state index contributed by atoms with van der Waals surface area (Å²) in [7, 11) is 1.54. The standard InChI is InChI=1S/C15H12N4O5S/c1-23-8-13-17-18-15(25-13)16-14(20)12-7-6-11(24-12)9-2-4-10(5-3-9)19(21)22/h2-7H,8H2,1H3,(H,16,18,20). The van der Waals surface area contributed by atoms with Crippen molar-refractivity contribution in [1.29, 1.82) is 0 Å². The van der Waals surface area contributed by atoms with Crippen molar-refractivity contribution in [2.45, 2.75) is 6.61 Å². The van der Waals surface area contributed by atoms with E-state index < -0.39 is 10.8 Å². The predicted molar refractivity (Wildman–Crippen MR) is 89.4 cm³/mol. The molecular formula is C15H12N4O5S. The SMILES string of the molecule is COCc1nnc(NC(=O)c2ccc(-c3ccc([N+](=O)[O-])cc3)o2)s1. The number of carbonyl (C=O) groups excluding carboxylic acids is 1. The quantitative estimate of drug-likeness (QED) is 0.529. The van der Waals surface area contributed by atoms with Gasteiger partial charge in [-0.15, -0.1) is 10.2 Å². The van der Waals surface area contributed by atoms with Crippen molar-refractivity contribution in [3.63, 3.8) is 0 Å². The molecule has 128 valence electrons. The fraction of sp³-hybridized carbons (Fsp3) is 0.133. The van der Waals surface area contributed by atoms with Gasteiger partial charge < -0.3 is 9.15 Å². The van der Waals surface area contributed by atoms with E-state index in [2.05, 4.69) is 15.5 Å². The first-order valence-electron chi connectivity index (χ1n) is 7.04. The zero-order valence-corrected chi connectivity index (χ0v) is 13.8. The average molecular weight is 360 g/mol. The molecule has 1 aromatic carbocycles. The smallest absolute Gasteiger partial charge is 0.293 e. The Morgan fingerprint density at radius 3 is 2.72 bits per heavy atom. The molecular weight excluding hydrogens is 348 g/mol. The molecule has 2 aromatic heterocycles. The fourth-order valence-corrected chi connectivity index (χ4v) is 2.71. The number of methoxy groups -OCH3 is 1. The van der Waals surface area contributed by atoms with Crippen LogP contribution in [0.5, 0.6) is 0 Å². The highest BCUT2D eigenvalue weighted by Crippen LogP contribution is 2.25. The Balaban J connectivity index is 1.71. The summed E-state index contributed by atoms with van der Waals surface area (Å²) in [5.74, 6) is 0.0579. The normalized spacial score (nSPS) is 10.6. The van der Waals surface area contributed by atoms with Gasteiger partial charge in [0, 0.05) is 24.8 Å². The number of ether oxygens (including phenoxy) is 1. The number of nitro groups is 1. The van der Waals surface area contributed by atoms with Crippen LogP contribution in [-0.4, -0.2) is 28.1 Å². The first kappa shape index (κ1) is 16.7. The average Bonchev–Trinajstić information content (AvgIpc) is 3.25. The summed E-state index contributed by atoms with van der Waals surface area (Å²) >= 11 is 1.20. The fourth-order valence-electron chi connectivity index (χ4n) is 2.01. The minimum Gasteiger partial charge on any atom is -0.451 e. The van der Waals surface area contributed by atoms with E-state index in [-0.39, 0.29) is 11.4 Å². The van der Waals surface area contributed by atoms with Gasteiger partial charge in [-0.3, -0.25) is 20.2 Å². The van der Waals surface area contributed by atoms with Gasteiger partial charge in [0.2, 0.25) is 5.13 Å². The Kier molecular flexibility index (Phi) is 4.82. The van der Waals surface area contributed by atoms with Crippen LogP contribution in [0.2, 0.25) is 0 Å². The van der Waals surface area contributed by atoms with Crippen molar-refractivity contribution in [2.75, 3.05) is 12.4 Å². The second-order valence-electron chi connectivity index (χ2n) is 4.86. The molecule has 0 aliphatic carbocycles. The zero-order valence-electron chi connectivity index (χ0n) is 13.0. The van der Waals surface area contributed by atoms with Gasteiger partial charge in [0.05, 0.1) is 4.92 Å². The molecule has 10 heteroatoms. The molecule has 1 amide bonds. The number of anilines is 1. The van der Waals surface area contributed by atoms with E-state index in [1.165, 1.54) is 29.5 Å². The van der Waals surface area contributed by atoms with Gasteiger partial charge >= 0.3 is 0 Å². The third-order valence-electron chi connectivity index (χ3n) is 3.15. The Hall–Kier alpha value is -3.11. The van der Waals surface area contributed by atoms with E-state index in [9.17, 15) is 14.9 Å². The molecule has 0 spiro atoms. The summed E-state index contributed by atoms with van der Waals surface area (Å²) in [5, 5.41) is 22.0. The first-order valence-corrected chi connectivity index (χ1v) is 7.86. The van der Waals surface area contributed by atoms with Crippen molar-refractivity contribution in [3.8, 4) is 11.3 Å². The minimum atomic E-state index is -0.481. The Morgan fingerprint density at radius 1 is 1.28 bits per heavy atom. The molecule has 0 radical (unpaired) electrons. The number of furan rings is 1. The number of benzene rings is 1. The predicted octanol–water partition coefficient (Wildman–Crippen LogP) is 3.11. The Bertz CT molecular complexity index is 903. The van der Waals surface area contributed by atoms with Crippen LogP contribution in [0.15, 0.2) is 40.8 Å². The zero-order chi connectivity index (χ0) is 17.8. The summed E-state index contributed by atoms with van der Waals surface area (Å²) < 4.78 is 10.4. The van der Waals surface area contributed by atoms with Gasteiger partial charge in [0.15, 0.2) is 5.76 Å². The van der Waals surface area contributed by atoms with Gasteiger partial charge in [0.1, 0.15) is 17.4 Å². The number of aromatic nitrogens is 2. The number of non-ortho nitro benzene ring substituents is 1. The van der Waals surface area contributed by atoms with E-state index in [0.29, 0.717) is 28.1 Å². The summed E-state index contributed by atoms with van der Waals surface area (Å²) in [6, 6.07) is 8.99. The third kappa shape index (κ3) is 3.87. The van der Waals surface area contributed by atoms with Crippen LogP contribution in [0.25, 0.3) is 11.3 Å². The van der Waals surface area contributed by atoms with Crippen LogP contribution in [0.1, 0.15) is 15.6 Å². The molecule has 0 saturated heterocycles. The maximum atomic E-state index is 12.2. The monoisotopic (exact) mass is 360 g/mol. The summed E-state index contributed by atoms with van der Waals surface area (Å²) in [6.07, 6.45) is 0. The van der Waals surface area contributed by atoms with Crippen molar-refractivity contribution < 1.29 is 18.9 Å². The van der Waals surface area contributed by atoms with E-state index in [0.717, 1.165) is 0 Å². The van der Waals surface area contributed by atoms with Gasteiger partial charge in [0.25, 0.3) is 11.6 Å². The molecule has 9 nitrogen and oxygen atoms in total. The summed E-state index contributed by atoms with van der Waals surface area (Å²) in [5.41, 5.74) is 0.611. The van der Waals surface area contributed by atoms with Crippen molar-refractivity contribution in [2.24, 2.45) is 0 Å². The maximum Gasteiger partial charge on any atom is 0.293 e. The Morgan fingerprint density at radius 2 is 2.04 bits per heavy atom. The summed E-state index contributed by atoms with van der Waals surface area (Å²) in [4.78, 5) is 22.4. The van der Waals surface area contributed by atoms with Gasteiger partial charge in [-0.05, 0) is 24.3 Å². The van der Waals surface area contributed by atoms with Crippen molar-refractivity contribution in [3.05, 3.63) is 57.3 Å². The second kappa shape index (κ2) is 7.20. The van der Waals surface area contributed by atoms with Crippen LogP contribution >= 0.6 is 11.3 Å². The minimum absolute atomic E-state index is 0.0172. The topological polar surface area (TPSA) is 120 Å². The first-order chi connectivity index (χ1) is 12.1. The highest BCUT2D eigenvalue weighted by molar-refractivity contribution is 7.15. The van der Waals surface area contributed by atoms with Crippen LogP contribution in [-0.2, 0) is 11.3 Å². The number of hydrogen-bond acceptors (Lipinski definition) is 8. The van der Waals surface area contributed by atoms with Crippen LogP contribution in [0, 0.1) is 10.1 Å². The molecule has 0 atom stereocenters. The number of rotatable bonds is 6. The maximum absolute atomic E-state index is 12.2. The van der Waals surface area contributed by atoms with Crippen molar-refractivity contribution >= 4 is 28.1 Å². The van der Waals surface area contributed by atoms with Crippen LogP contribution < -0.4 is 5.32 Å². The second-order valence-corrected chi connectivity index (χ2v) is 5.92. The molecule has 0 saturated carbocycles. The number of nitrogens with zero attached hydrogens (tertiary/aromatic N) is 3. The highest BCUT2D eigenvalue weighted by Gasteiger charge is 2.15. The number of hydrogen-bond donors (Lipinski definition) is 1. The molecule has 0 unspecified atom stereocenters. The molecule has 0 aliphatic heterocycles. The lowest BCUT2D eigenvalue weighted by molar-refractivity contribution is -0.384. The number of nitrogens with one attached hydrogen (secondary N) is 1. The lowest BCUT2D eigenvalue weighted by atomic mass is 10.1. The molecule has 3 rings (SSSR count). The van der Waals surface area contributed by atoms with E-state index in [1.807, 2.05) is 0 Å². The third-order valence-corrected chi connectivity index (χ3v) is 3.96. The summed E-state index contributed by atoms with van der Waals surface area (Å²) in [6.45, 7) is 0.318. The van der Waals surface area contributed by atoms with Crippen LogP contribution in [0.4, 0.5) is 10.8 Å². The molecule has 0 bridgehead atoms. The lowest BCUT2D eigenvalue weighted by Crippen LogP contribution is -2.10. The number of nitro benzene ring substituents is 1. The molecule has 2 heterocycles. The highest BCUT2D eigenvalue weighted by atomic mass is 32.1. The van der Waals surface area contributed by atoms with Gasteiger partial charge in [-0.2, -0.15) is 0 Å². The van der Waals surface area contributed by atoms with Crippen molar-refractivity contribution in [1.82, 2.24) is 10.2 Å². The Labute approximate surface area is 145 Å². The van der Waals surface area contributed by atoms with Crippen LogP contribution in [0.3, 0.4) is 0 Å². The van der Waals surface area contributed by atoms with Gasteiger partial charge in [-0.1, -0.05) is 11.3 Å². The molecule has 0 aliphatic rings. The molecule has 1 N–H and O–H groups in total. The van der Waals surface area contributed by atoms with E-state index in [4.69, 9.17) is 9.15 Å². The molecule has 3 aromatic rings. The molecule has 0 fully saturated rings. The largest absolute Gasteiger partial charge is 0.451 e. The van der Waals surface area contributed by atoms with E-state index >= 15 is 0 Å². The lowest BCUT2D eigenvalue weighted by Gasteiger charge is -1.98. The molecule has 25 heavy (non-hydrogen) atoms. The van der Waals surface area contributed by atoms with Gasteiger partial charge in [-0.25, -0.2) is 0 Å². The number of carbonyl (C=O) groups is 1.